The van der Waals surface area contributed by atoms with Crippen molar-refractivity contribution < 1.29 is 4.39 Å². The second-order valence-electron chi connectivity index (χ2n) is 5.57. The zero-order valence-electron chi connectivity index (χ0n) is 13.1. The van der Waals surface area contributed by atoms with Crippen LogP contribution in [0.2, 0.25) is 0 Å². The number of fused-ring (bicyclic) bond motifs is 1. The number of aromatic nitrogens is 2. The summed E-state index contributed by atoms with van der Waals surface area (Å²) >= 11 is 0. The first-order valence-electron chi connectivity index (χ1n) is 7.47. The van der Waals surface area contributed by atoms with Crippen molar-refractivity contribution in [3.05, 3.63) is 58.7 Å². The van der Waals surface area contributed by atoms with Crippen LogP contribution in [-0.4, -0.2) is 16.5 Å². The van der Waals surface area contributed by atoms with Crippen molar-refractivity contribution in [3.8, 4) is 6.07 Å². The van der Waals surface area contributed by atoms with Gasteiger partial charge in [-0.3, -0.25) is 0 Å². The van der Waals surface area contributed by atoms with Gasteiger partial charge in [-0.1, -0.05) is 12.1 Å². The third kappa shape index (κ3) is 3.02. The van der Waals surface area contributed by atoms with Gasteiger partial charge in [0.25, 0.3) is 0 Å². The molecule has 23 heavy (non-hydrogen) atoms. The Balaban J connectivity index is 1.83. The molecule has 5 heteroatoms. The lowest BCUT2D eigenvalue weighted by Gasteiger charge is -2.08. The van der Waals surface area contributed by atoms with E-state index in [2.05, 4.69) is 21.4 Å². The summed E-state index contributed by atoms with van der Waals surface area (Å²) in [6, 6.07) is 10.4. The number of pyridine rings is 1. The van der Waals surface area contributed by atoms with Gasteiger partial charge in [0, 0.05) is 17.6 Å². The summed E-state index contributed by atoms with van der Waals surface area (Å²) in [5.41, 5.74) is 4.55. The van der Waals surface area contributed by atoms with Crippen LogP contribution in [0, 0.1) is 31.0 Å². The normalized spacial score (nSPS) is 10.7. The van der Waals surface area contributed by atoms with Crippen molar-refractivity contribution in [2.45, 2.75) is 20.3 Å². The number of rotatable bonds is 4. The van der Waals surface area contributed by atoms with E-state index in [4.69, 9.17) is 5.26 Å². The molecule has 116 valence electrons. The van der Waals surface area contributed by atoms with Crippen molar-refractivity contribution in [1.82, 2.24) is 9.97 Å². The number of aromatic amines is 1. The minimum Gasteiger partial charge on any atom is -0.368 e. The van der Waals surface area contributed by atoms with Crippen LogP contribution in [0.3, 0.4) is 0 Å². The smallest absolute Gasteiger partial charge is 0.151 e. The summed E-state index contributed by atoms with van der Waals surface area (Å²) in [4.78, 5) is 7.67. The number of halogens is 1. The van der Waals surface area contributed by atoms with E-state index >= 15 is 0 Å². The molecule has 2 N–H and O–H groups in total. The first-order chi connectivity index (χ1) is 11.1. The number of anilines is 1. The fraction of sp³-hybridized carbons (Fsp3) is 0.222. The molecule has 0 aliphatic rings. The molecule has 0 radical (unpaired) electrons. The van der Waals surface area contributed by atoms with Crippen LogP contribution in [0.5, 0.6) is 0 Å². The van der Waals surface area contributed by atoms with Crippen molar-refractivity contribution in [2.24, 2.45) is 0 Å². The minimum absolute atomic E-state index is 0.232. The minimum atomic E-state index is -0.232. The Labute approximate surface area is 134 Å². The molecule has 0 aliphatic heterocycles. The van der Waals surface area contributed by atoms with E-state index in [1.807, 2.05) is 13.8 Å². The number of hydrogen-bond acceptors (Lipinski definition) is 3. The Bertz CT molecular complexity index is 888. The van der Waals surface area contributed by atoms with Crippen LogP contribution in [-0.2, 0) is 6.42 Å². The highest BCUT2D eigenvalue weighted by Crippen LogP contribution is 2.27. The summed E-state index contributed by atoms with van der Waals surface area (Å²) in [7, 11) is 0. The third-order valence-corrected chi connectivity index (χ3v) is 4.03. The van der Waals surface area contributed by atoms with E-state index in [-0.39, 0.29) is 5.82 Å². The average Bonchev–Trinajstić information content (AvgIpc) is 2.84. The highest BCUT2D eigenvalue weighted by Gasteiger charge is 2.11. The number of nitriles is 1. The lowest BCUT2D eigenvalue weighted by Crippen LogP contribution is -2.07. The highest BCUT2D eigenvalue weighted by molar-refractivity contribution is 5.93. The molecule has 0 saturated heterocycles. The van der Waals surface area contributed by atoms with Gasteiger partial charge in [0.05, 0.1) is 5.52 Å². The molecule has 4 nitrogen and oxygen atoms in total. The van der Waals surface area contributed by atoms with E-state index in [0.717, 1.165) is 34.1 Å². The zero-order chi connectivity index (χ0) is 16.4. The maximum Gasteiger partial charge on any atom is 0.151 e. The Kier molecular flexibility index (Phi) is 3.98. The molecular formula is C18H17FN4. The van der Waals surface area contributed by atoms with Gasteiger partial charge in [0.2, 0.25) is 0 Å². The van der Waals surface area contributed by atoms with Gasteiger partial charge >= 0.3 is 0 Å². The lowest BCUT2D eigenvalue weighted by molar-refractivity contribution is 0.627. The second kappa shape index (κ2) is 6.09. The summed E-state index contributed by atoms with van der Waals surface area (Å²) in [5, 5.41) is 13.5. The Hall–Kier alpha value is -2.87. The summed E-state index contributed by atoms with van der Waals surface area (Å²) < 4.78 is 12.9. The van der Waals surface area contributed by atoms with Crippen LogP contribution < -0.4 is 5.32 Å². The molecule has 0 unspecified atom stereocenters. The SMILES string of the molecule is Cc1[nH]c2c(NCCc3ccc(F)cc3)nc(C#N)cc2c1C. The van der Waals surface area contributed by atoms with Crippen LogP contribution in [0.25, 0.3) is 10.9 Å². The standard InChI is InChI=1S/C18H17FN4/c1-11-12(2)22-17-16(11)9-15(10-20)23-18(17)21-8-7-13-3-5-14(19)6-4-13/h3-6,9,22H,7-8H2,1-2H3,(H,21,23). The molecular weight excluding hydrogens is 291 g/mol. The predicted octanol–water partition coefficient (Wildman–Crippen LogP) is 3.85. The second-order valence-corrected chi connectivity index (χ2v) is 5.57. The molecule has 3 aromatic rings. The third-order valence-electron chi connectivity index (χ3n) is 4.03. The summed E-state index contributed by atoms with van der Waals surface area (Å²) in [5.74, 6) is 0.446. The molecule has 1 aromatic carbocycles. The molecule has 0 fully saturated rings. The largest absolute Gasteiger partial charge is 0.368 e. The molecule has 0 bridgehead atoms. The number of nitrogens with one attached hydrogen (secondary N) is 2. The highest BCUT2D eigenvalue weighted by atomic mass is 19.1. The number of benzene rings is 1. The van der Waals surface area contributed by atoms with E-state index < -0.39 is 0 Å². The quantitative estimate of drug-likeness (QED) is 0.769. The van der Waals surface area contributed by atoms with Crippen molar-refractivity contribution in [2.75, 3.05) is 11.9 Å². The van der Waals surface area contributed by atoms with Gasteiger partial charge in [-0.25, -0.2) is 9.37 Å². The van der Waals surface area contributed by atoms with Gasteiger partial charge in [0.1, 0.15) is 17.6 Å². The summed E-state index contributed by atoms with van der Waals surface area (Å²) in [6.07, 6.45) is 0.749. The molecule has 2 aromatic heterocycles. The Morgan fingerprint density at radius 2 is 2.00 bits per heavy atom. The van der Waals surface area contributed by atoms with Gasteiger partial charge in [-0.2, -0.15) is 5.26 Å². The predicted molar refractivity (Wildman–Crippen MR) is 88.9 cm³/mol. The van der Waals surface area contributed by atoms with Gasteiger partial charge in [-0.15, -0.1) is 0 Å². The maximum atomic E-state index is 12.9. The van der Waals surface area contributed by atoms with E-state index in [0.29, 0.717) is 18.1 Å². The maximum absolute atomic E-state index is 12.9. The van der Waals surface area contributed by atoms with Crippen LogP contribution in [0.1, 0.15) is 22.5 Å². The van der Waals surface area contributed by atoms with E-state index in [1.165, 1.54) is 12.1 Å². The number of nitrogens with zero attached hydrogens (tertiary/aromatic N) is 2. The first-order valence-corrected chi connectivity index (χ1v) is 7.47. The molecule has 0 aliphatic carbocycles. The number of aryl methyl sites for hydroxylation is 2. The zero-order valence-corrected chi connectivity index (χ0v) is 13.1. The monoisotopic (exact) mass is 308 g/mol. The lowest BCUT2D eigenvalue weighted by atomic mass is 10.1. The fourth-order valence-corrected chi connectivity index (χ4v) is 2.61. The Morgan fingerprint density at radius 1 is 1.26 bits per heavy atom. The van der Waals surface area contributed by atoms with Crippen molar-refractivity contribution in [1.29, 1.82) is 5.26 Å². The Morgan fingerprint density at radius 3 is 2.70 bits per heavy atom. The van der Waals surface area contributed by atoms with Gasteiger partial charge in [0.15, 0.2) is 5.82 Å². The number of H-pyrrole nitrogens is 1. The molecule has 0 atom stereocenters. The van der Waals surface area contributed by atoms with Crippen LogP contribution >= 0.6 is 0 Å². The van der Waals surface area contributed by atoms with E-state index in [9.17, 15) is 4.39 Å². The first kappa shape index (κ1) is 15.0. The molecule has 3 rings (SSSR count). The fourth-order valence-electron chi connectivity index (χ4n) is 2.61. The molecule has 0 amide bonds. The van der Waals surface area contributed by atoms with Crippen molar-refractivity contribution in [3.63, 3.8) is 0 Å². The van der Waals surface area contributed by atoms with Crippen molar-refractivity contribution >= 4 is 16.7 Å². The topological polar surface area (TPSA) is 64.5 Å². The molecule has 0 spiro atoms. The van der Waals surface area contributed by atoms with Crippen LogP contribution in [0.15, 0.2) is 30.3 Å². The number of hydrogen-bond donors (Lipinski definition) is 2. The van der Waals surface area contributed by atoms with E-state index in [1.54, 1.807) is 18.2 Å². The van der Waals surface area contributed by atoms with Crippen LogP contribution in [0.4, 0.5) is 10.2 Å². The summed E-state index contributed by atoms with van der Waals surface area (Å²) in [6.45, 7) is 4.68. The molecule has 0 saturated carbocycles. The van der Waals surface area contributed by atoms with Gasteiger partial charge in [-0.05, 0) is 49.6 Å². The van der Waals surface area contributed by atoms with Gasteiger partial charge < -0.3 is 10.3 Å². The molecule has 2 heterocycles. The average molecular weight is 308 g/mol.